The van der Waals surface area contributed by atoms with Crippen molar-refractivity contribution in [1.82, 2.24) is 19.4 Å². The molecule has 2 aromatic heterocycles. The van der Waals surface area contributed by atoms with Gasteiger partial charge in [0.15, 0.2) is 0 Å². The van der Waals surface area contributed by atoms with E-state index in [0.717, 1.165) is 18.4 Å². The summed E-state index contributed by atoms with van der Waals surface area (Å²) in [5, 5.41) is 20.0. The number of likely N-dealkylation sites (tertiary alicyclic amines) is 1. The highest BCUT2D eigenvalue weighted by Crippen LogP contribution is 2.30. The van der Waals surface area contributed by atoms with Crippen LogP contribution in [0, 0.1) is 5.92 Å². The Morgan fingerprint density at radius 2 is 1.97 bits per heavy atom. The number of piperidine rings is 1. The molecule has 1 aromatic carbocycles. The van der Waals surface area contributed by atoms with E-state index in [0.29, 0.717) is 30.2 Å². The summed E-state index contributed by atoms with van der Waals surface area (Å²) in [7, 11) is 1.88. The number of hydrogen-bond acceptors (Lipinski definition) is 5. The molecule has 1 fully saturated rings. The van der Waals surface area contributed by atoms with Crippen molar-refractivity contribution in [2.75, 3.05) is 13.1 Å². The molecule has 0 aliphatic carbocycles. The molecule has 2 N–H and O–H groups in total. The quantitative estimate of drug-likeness (QED) is 0.712. The highest BCUT2D eigenvalue weighted by molar-refractivity contribution is 5.95. The van der Waals surface area contributed by atoms with Crippen LogP contribution in [-0.2, 0) is 7.05 Å². The second kappa shape index (κ2) is 8.05. The molecule has 0 bridgehead atoms. The zero-order valence-electron chi connectivity index (χ0n) is 16.3. The third-order valence-electron chi connectivity index (χ3n) is 5.55. The Morgan fingerprint density at radius 1 is 1.17 bits per heavy atom. The molecule has 1 saturated heterocycles. The van der Waals surface area contributed by atoms with Gasteiger partial charge in [-0.3, -0.25) is 9.78 Å². The van der Waals surface area contributed by atoms with Crippen LogP contribution in [0.1, 0.15) is 35.1 Å². The molecular weight excluding hydrogens is 368 g/mol. The van der Waals surface area contributed by atoms with Crippen molar-refractivity contribution in [3.63, 3.8) is 0 Å². The third kappa shape index (κ3) is 4.00. The fourth-order valence-corrected chi connectivity index (χ4v) is 3.84. The van der Waals surface area contributed by atoms with Crippen LogP contribution in [0.5, 0.6) is 5.75 Å². The summed E-state index contributed by atoms with van der Waals surface area (Å²) in [4.78, 5) is 23.3. The highest BCUT2D eigenvalue weighted by Gasteiger charge is 2.30. The number of nitrogens with zero attached hydrogens (tertiary/aromatic N) is 4. The van der Waals surface area contributed by atoms with Crippen molar-refractivity contribution in [3.05, 3.63) is 66.4 Å². The van der Waals surface area contributed by atoms with Crippen LogP contribution in [0.3, 0.4) is 0 Å². The van der Waals surface area contributed by atoms with Crippen molar-refractivity contribution < 1.29 is 15.0 Å². The molecule has 0 spiro atoms. The van der Waals surface area contributed by atoms with Gasteiger partial charge < -0.3 is 19.7 Å². The summed E-state index contributed by atoms with van der Waals surface area (Å²) in [6.45, 7) is 1.21. The second-order valence-electron chi connectivity index (χ2n) is 7.45. The maximum atomic E-state index is 13.0. The first-order chi connectivity index (χ1) is 14.0. The normalized spacial score (nSPS) is 16.0. The molecule has 4 rings (SSSR count). The molecule has 7 heteroatoms. The van der Waals surface area contributed by atoms with Gasteiger partial charge >= 0.3 is 0 Å². The number of aliphatic hydroxyl groups is 1. The molecule has 1 aliphatic heterocycles. The average Bonchev–Trinajstić information content (AvgIpc) is 3.19. The van der Waals surface area contributed by atoms with Crippen molar-refractivity contribution in [2.24, 2.45) is 13.0 Å². The monoisotopic (exact) mass is 392 g/mol. The van der Waals surface area contributed by atoms with Gasteiger partial charge in [-0.25, -0.2) is 4.98 Å². The van der Waals surface area contributed by atoms with Crippen LogP contribution < -0.4 is 0 Å². The molecule has 3 heterocycles. The zero-order valence-corrected chi connectivity index (χ0v) is 16.3. The number of aryl methyl sites for hydroxylation is 1. The number of pyridine rings is 1. The number of benzene rings is 1. The van der Waals surface area contributed by atoms with Crippen molar-refractivity contribution in [2.45, 2.75) is 18.9 Å². The van der Waals surface area contributed by atoms with Crippen molar-refractivity contribution >= 4 is 5.91 Å². The Bertz CT molecular complexity index is 991. The van der Waals surface area contributed by atoms with E-state index in [-0.39, 0.29) is 17.6 Å². The number of aliphatic hydroxyl groups excluding tert-OH is 1. The lowest BCUT2D eigenvalue weighted by molar-refractivity contribution is 0.0420. The van der Waals surface area contributed by atoms with Crippen molar-refractivity contribution in [3.8, 4) is 17.0 Å². The minimum absolute atomic E-state index is 0.0180. The number of amides is 1. The van der Waals surface area contributed by atoms with Gasteiger partial charge in [0.25, 0.3) is 5.91 Å². The molecule has 1 amide bonds. The lowest BCUT2D eigenvalue weighted by Gasteiger charge is -2.34. The maximum absolute atomic E-state index is 13.0. The molecule has 150 valence electrons. The van der Waals surface area contributed by atoms with Gasteiger partial charge in [-0.15, -0.1) is 0 Å². The van der Waals surface area contributed by atoms with Gasteiger partial charge in [-0.05, 0) is 43.0 Å². The van der Waals surface area contributed by atoms with Crippen LogP contribution in [0.25, 0.3) is 11.3 Å². The van der Waals surface area contributed by atoms with Gasteiger partial charge in [-0.2, -0.15) is 0 Å². The summed E-state index contributed by atoms with van der Waals surface area (Å²) in [6.07, 6.45) is 5.76. The summed E-state index contributed by atoms with van der Waals surface area (Å²) in [5.41, 5.74) is 2.14. The van der Waals surface area contributed by atoms with Gasteiger partial charge in [-0.1, -0.05) is 12.1 Å². The molecule has 0 radical (unpaired) electrons. The first-order valence-corrected chi connectivity index (χ1v) is 9.73. The Morgan fingerprint density at radius 3 is 2.62 bits per heavy atom. The van der Waals surface area contributed by atoms with E-state index >= 15 is 0 Å². The number of aromatic hydroxyl groups is 1. The zero-order chi connectivity index (χ0) is 20.4. The number of carbonyl (C=O) groups excluding carboxylic acids is 1. The van der Waals surface area contributed by atoms with E-state index in [1.807, 2.05) is 40.9 Å². The molecule has 1 aliphatic rings. The van der Waals surface area contributed by atoms with Crippen LogP contribution >= 0.6 is 0 Å². The van der Waals surface area contributed by atoms with E-state index in [4.69, 9.17) is 0 Å². The lowest BCUT2D eigenvalue weighted by atomic mass is 9.90. The predicted octanol–water partition coefficient (Wildman–Crippen LogP) is 2.77. The molecule has 29 heavy (non-hydrogen) atoms. The molecule has 1 atom stereocenters. The van der Waals surface area contributed by atoms with E-state index in [9.17, 15) is 15.0 Å². The minimum Gasteiger partial charge on any atom is -0.506 e. The number of hydrogen-bond donors (Lipinski definition) is 2. The second-order valence-corrected chi connectivity index (χ2v) is 7.45. The molecule has 0 saturated carbocycles. The number of imidazole rings is 1. The minimum atomic E-state index is -0.615. The molecule has 7 nitrogen and oxygen atoms in total. The maximum Gasteiger partial charge on any atom is 0.253 e. The van der Waals surface area contributed by atoms with Gasteiger partial charge in [0.05, 0.1) is 11.9 Å². The SMILES string of the molecule is Cn1ccnc1C(O)C1CCN(C(=O)c2cccc(-c3ccc(O)cn3)c2)CC1. The number of rotatable bonds is 4. The Hall–Kier alpha value is -3.19. The van der Waals surface area contributed by atoms with E-state index in [1.54, 1.807) is 24.4 Å². The highest BCUT2D eigenvalue weighted by atomic mass is 16.3. The molecule has 3 aromatic rings. The average molecular weight is 392 g/mol. The van der Waals surface area contributed by atoms with E-state index in [1.165, 1.54) is 6.20 Å². The Labute approximate surface area is 169 Å². The summed E-state index contributed by atoms with van der Waals surface area (Å²) in [5.74, 6) is 0.851. The fraction of sp³-hybridized carbons (Fsp3) is 0.318. The first kappa shape index (κ1) is 19.1. The summed E-state index contributed by atoms with van der Waals surface area (Å²) >= 11 is 0. The Balaban J connectivity index is 1.43. The van der Waals surface area contributed by atoms with Gasteiger partial charge in [0.2, 0.25) is 0 Å². The van der Waals surface area contributed by atoms with Gasteiger partial charge in [0, 0.05) is 43.7 Å². The lowest BCUT2D eigenvalue weighted by Crippen LogP contribution is -2.40. The summed E-state index contributed by atoms with van der Waals surface area (Å²) in [6, 6.07) is 10.7. The van der Waals surface area contributed by atoms with E-state index < -0.39 is 6.10 Å². The first-order valence-electron chi connectivity index (χ1n) is 9.73. The largest absolute Gasteiger partial charge is 0.506 e. The fourth-order valence-electron chi connectivity index (χ4n) is 3.84. The van der Waals surface area contributed by atoms with Crippen LogP contribution in [0.4, 0.5) is 0 Å². The smallest absolute Gasteiger partial charge is 0.253 e. The van der Waals surface area contributed by atoms with Crippen LogP contribution in [-0.4, -0.2) is 48.6 Å². The third-order valence-corrected chi connectivity index (χ3v) is 5.55. The topological polar surface area (TPSA) is 91.5 Å². The molecule has 1 unspecified atom stereocenters. The predicted molar refractivity (Wildman–Crippen MR) is 108 cm³/mol. The van der Waals surface area contributed by atoms with Crippen LogP contribution in [0.2, 0.25) is 0 Å². The number of aromatic nitrogens is 3. The van der Waals surface area contributed by atoms with Crippen LogP contribution in [0.15, 0.2) is 55.0 Å². The Kier molecular flexibility index (Phi) is 5.31. The van der Waals surface area contributed by atoms with Crippen molar-refractivity contribution in [1.29, 1.82) is 0 Å². The molecular formula is C22H24N4O3. The summed E-state index contributed by atoms with van der Waals surface area (Å²) < 4.78 is 1.84. The standard InChI is InChI=1S/C22H24N4O3/c1-25-12-9-23-21(25)20(28)15-7-10-26(11-8-15)22(29)17-4-2-3-16(13-17)19-6-5-18(27)14-24-19/h2-6,9,12-15,20,27-28H,7-8,10-11H2,1H3. The van der Waals surface area contributed by atoms with E-state index in [2.05, 4.69) is 9.97 Å². The van der Waals surface area contributed by atoms with Gasteiger partial charge in [0.1, 0.15) is 17.7 Å². The number of carbonyl (C=O) groups is 1.